The molecule has 0 saturated heterocycles. The molecule has 0 radical (unpaired) electrons. The molecule has 0 unspecified atom stereocenters. The van der Waals surface area contributed by atoms with Crippen molar-refractivity contribution in [2.24, 2.45) is 0 Å². The van der Waals surface area contributed by atoms with Crippen molar-refractivity contribution in [2.75, 3.05) is 33.4 Å². The minimum Gasteiger partial charge on any atom is -1.00 e. The van der Waals surface area contributed by atoms with Gasteiger partial charge < -0.3 is 22.6 Å². The molecule has 0 spiro atoms. The van der Waals surface area contributed by atoms with Crippen LogP contribution < -0.4 is 18.1 Å². The van der Waals surface area contributed by atoms with Gasteiger partial charge in [0.15, 0.2) is 0 Å². The molecule has 1 rings (SSSR count). The van der Waals surface area contributed by atoms with E-state index in [2.05, 4.69) is 0 Å². The Morgan fingerprint density at radius 1 is 1.19 bits per heavy atom. The first kappa shape index (κ1) is 17.6. The summed E-state index contributed by atoms with van der Waals surface area (Å²) >= 11 is 0. The topological polar surface area (TPSA) is 43.1 Å². The van der Waals surface area contributed by atoms with Gasteiger partial charge in [-0.3, -0.25) is 4.79 Å². The number of Topliss-reactive ketones (excluding diaryl/α,β-unsaturated/α-hetero) is 1. The molecule has 0 aliphatic carbocycles. The average molecular weight is 265 g/mol. The Morgan fingerprint density at radius 3 is 2.00 bits per heavy atom. The Morgan fingerprint density at radius 2 is 1.62 bits per heavy atom. The Kier molecular flexibility index (Phi) is 7.42. The van der Waals surface area contributed by atoms with Crippen LogP contribution in [0, 0.1) is 0 Å². The fraction of sp³-hybridized carbons (Fsp3) is 0.364. The first-order chi connectivity index (χ1) is 6.38. The molecule has 0 aromatic heterocycles. The maximum Gasteiger partial charge on any atom is 0.216 e. The lowest BCUT2D eigenvalue weighted by atomic mass is 10.1. The number of likely N-dealkylation sites (N-methyl/N-ethyl adjacent to an activating group) is 1. The minimum absolute atomic E-state index is 0. The van der Waals surface area contributed by atoms with E-state index in [4.69, 9.17) is 5.73 Å². The number of hydrogen-bond donors (Lipinski definition) is 1. The van der Waals surface area contributed by atoms with Gasteiger partial charge >= 0.3 is 0 Å². The van der Waals surface area contributed by atoms with E-state index in [1.807, 2.05) is 21.1 Å². The number of ketones is 1. The van der Waals surface area contributed by atoms with Crippen LogP contribution in [-0.4, -0.2) is 38.0 Å². The first-order valence-corrected chi connectivity index (χ1v) is 4.58. The van der Waals surface area contributed by atoms with E-state index in [1.54, 1.807) is 24.3 Å². The summed E-state index contributed by atoms with van der Waals surface area (Å²) in [5, 5.41) is 0. The van der Waals surface area contributed by atoms with Gasteiger partial charge in [0, 0.05) is 11.3 Å². The summed E-state index contributed by atoms with van der Waals surface area (Å²) in [5.41, 5.74) is 6.95. The Hall–Kier alpha value is -0.770. The van der Waals surface area contributed by atoms with Crippen molar-refractivity contribution < 1.29 is 21.7 Å². The lowest BCUT2D eigenvalue weighted by Crippen LogP contribution is -3.00. The molecule has 0 aliphatic rings. The van der Waals surface area contributed by atoms with Crippen LogP contribution in [0.25, 0.3) is 0 Å². The highest BCUT2D eigenvalue weighted by atomic mass is 35.5. The predicted molar refractivity (Wildman–Crippen MR) is 65.3 cm³/mol. The zero-order valence-electron chi connectivity index (χ0n) is 9.74. The number of halogens is 2. The SMILES string of the molecule is C[N+](C)(C)CC(=O)c1ccc(N)cc1.Cl.[Cl-]. The Labute approximate surface area is 109 Å². The molecule has 5 heteroatoms. The molecule has 3 nitrogen and oxygen atoms in total. The molecule has 2 N–H and O–H groups in total. The van der Waals surface area contributed by atoms with Gasteiger partial charge in [0.2, 0.25) is 5.78 Å². The molecular formula is C11H18Cl2N2O. The van der Waals surface area contributed by atoms with Crippen molar-refractivity contribution in [3.63, 3.8) is 0 Å². The quantitative estimate of drug-likeness (QED) is 0.414. The van der Waals surface area contributed by atoms with E-state index in [0.717, 1.165) is 5.56 Å². The minimum atomic E-state index is 0. The van der Waals surface area contributed by atoms with Crippen LogP contribution in [0.15, 0.2) is 24.3 Å². The molecular weight excluding hydrogens is 247 g/mol. The lowest BCUT2D eigenvalue weighted by molar-refractivity contribution is -0.861. The van der Waals surface area contributed by atoms with Crippen LogP contribution in [0.1, 0.15) is 10.4 Å². The smallest absolute Gasteiger partial charge is 0.216 e. The summed E-state index contributed by atoms with van der Waals surface area (Å²) in [6.07, 6.45) is 0. The number of carbonyl (C=O) groups is 1. The molecule has 1 aromatic rings. The second-order valence-electron chi connectivity index (χ2n) is 4.49. The van der Waals surface area contributed by atoms with Crippen LogP contribution >= 0.6 is 12.4 Å². The van der Waals surface area contributed by atoms with Gasteiger partial charge in [-0.25, -0.2) is 0 Å². The largest absolute Gasteiger partial charge is 1.00 e. The summed E-state index contributed by atoms with van der Waals surface area (Å²) in [7, 11) is 5.99. The number of carbonyl (C=O) groups excluding carboxylic acids is 1. The number of nitrogen functional groups attached to an aromatic ring is 1. The van der Waals surface area contributed by atoms with Gasteiger partial charge in [0.1, 0.15) is 6.54 Å². The lowest BCUT2D eigenvalue weighted by Gasteiger charge is -2.22. The fourth-order valence-electron chi connectivity index (χ4n) is 1.19. The summed E-state index contributed by atoms with van der Waals surface area (Å²) in [5.74, 6) is 0.150. The highest BCUT2D eigenvalue weighted by Crippen LogP contribution is 2.07. The molecule has 16 heavy (non-hydrogen) atoms. The van der Waals surface area contributed by atoms with Crippen molar-refractivity contribution in [3.8, 4) is 0 Å². The van der Waals surface area contributed by atoms with Gasteiger partial charge in [-0.05, 0) is 24.3 Å². The van der Waals surface area contributed by atoms with Crippen molar-refractivity contribution in [1.82, 2.24) is 0 Å². The van der Waals surface area contributed by atoms with Gasteiger partial charge in [-0.2, -0.15) is 0 Å². The number of nitrogens with two attached hydrogens (primary N) is 1. The van der Waals surface area contributed by atoms with E-state index in [9.17, 15) is 4.79 Å². The van der Waals surface area contributed by atoms with Gasteiger partial charge in [-0.15, -0.1) is 12.4 Å². The monoisotopic (exact) mass is 264 g/mol. The molecule has 0 fully saturated rings. The van der Waals surface area contributed by atoms with E-state index >= 15 is 0 Å². The molecule has 0 bridgehead atoms. The first-order valence-electron chi connectivity index (χ1n) is 4.58. The van der Waals surface area contributed by atoms with Crippen LogP contribution in [-0.2, 0) is 0 Å². The van der Waals surface area contributed by atoms with Crippen LogP contribution in [0.4, 0.5) is 5.69 Å². The van der Waals surface area contributed by atoms with Gasteiger partial charge in [0.05, 0.1) is 21.1 Å². The molecule has 0 saturated carbocycles. The van der Waals surface area contributed by atoms with Crippen LogP contribution in [0.2, 0.25) is 0 Å². The summed E-state index contributed by atoms with van der Waals surface area (Å²) in [6, 6.07) is 7.05. The molecule has 92 valence electrons. The summed E-state index contributed by atoms with van der Waals surface area (Å²) in [6.45, 7) is 0.504. The zero-order chi connectivity index (χ0) is 10.8. The van der Waals surface area contributed by atoms with E-state index in [-0.39, 0.29) is 30.6 Å². The zero-order valence-corrected chi connectivity index (χ0v) is 11.3. The standard InChI is InChI=1S/C11H16N2O.2ClH/c1-13(2,3)8-11(14)9-4-6-10(12)7-5-9;;/h4-7H,8H2,1-3H3,(H-,12,14);2*1H. The molecule has 0 aliphatic heterocycles. The van der Waals surface area contributed by atoms with Gasteiger partial charge in [0.25, 0.3) is 0 Å². The Balaban J connectivity index is 0. The van der Waals surface area contributed by atoms with Crippen molar-refractivity contribution in [1.29, 1.82) is 0 Å². The number of hydrogen-bond acceptors (Lipinski definition) is 2. The molecule has 0 amide bonds. The number of benzene rings is 1. The van der Waals surface area contributed by atoms with Gasteiger partial charge in [-0.1, -0.05) is 0 Å². The maximum absolute atomic E-state index is 11.7. The van der Waals surface area contributed by atoms with E-state index in [1.165, 1.54) is 0 Å². The molecule has 0 atom stereocenters. The van der Waals surface area contributed by atoms with Crippen molar-refractivity contribution in [2.45, 2.75) is 0 Å². The third-order valence-corrected chi connectivity index (χ3v) is 1.85. The number of anilines is 1. The molecule has 1 aromatic carbocycles. The third-order valence-electron chi connectivity index (χ3n) is 1.85. The summed E-state index contributed by atoms with van der Waals surface area (Å²) < 4.78 is 0.642. The normalized spacial score (nSPS) is 9.94. The second kappa shape index (κ2) is 6.74. The van der Waals surface area contributed by atoms with E-state index < -0.39 is 0 Å². The Bertz CT molecular complexity index is 331. The fourth-order valence-corrected chi connectivity index (χ4v) is 1.19. The number of quaternary nitrogens is 1. The molecule has 0 heterocycles. The van der Waals surface area contributed by atoms with Crippen molar-refractivity contribution >= 4 is 23.9 Å². The second-order valence-corrected chi connectivity index (χ2v) is 4.49. The number of rotatable bonds is 3. The maximum atomic E-state index is 11.7. The van der Waals surface area contributed by atoms with Crippen molar-refractivity contribution in [3.05, 3.63) is 29.8 Å². The summed E-state index contributed by atoms with van der Waals surface area (Å²) in [4.78, 5) is 11.7. The average Bonchev–Trinajstić information content (AvgIpc) is 2.02. The predicted octanol–water partition coefficient (Wildman–Crippen LogP) is -1.42. The number of nitrogens with zero attached hydrogens (tertiary/aromatic N) is 1. The van der Waals surface area contributed by atoms with E-state index in [0.29, 0.717) is 16.7 Å². The highest BCUT2D eigenvalue weighted by molar-refractivity contribution is 5.97. The van der Waals surface area contributed by atoms with Crippen LogP contribution in [0.5, 0.6) is 0 Å². The third kappa shape index (κ3) is 5.95. The highest BCUT2D eigenvalue weighted by Gasteiger charge is 2.15. The van der Waals surface area contributed by atoms with Crippen LogP contribution in [0.3, 0.4) is 0 Å².